The van der Waals surface area contributed by atoms with E-state index in [0.29, 0.717) is 18.1 Å². The van der Waals surface area contributed by atoms with Crippen LogP contribution in [-0.4, -0.2) is 62.1 Å². The van der Waals surface area contributed by atoms with Gasteiger partial charge in [-0.1, -0.05) is 18.2 Å². The van der Waals surface area contributed by atoms with Crippen molar-refractivity contribution in [2.24, 2.45) is 0 Å². The first-order chi connectivity index (χ1) is 15.4. The zero-order valence-corrected chi connectivity index (χ0v) is 18.6. The lowest BCUT2D eigenvalue weighted by Gasteiger charge is -2.39. The Hall–Kier alpha value is -3.52. The number of benzene rings is 1. The van der Waals surface area contributed by atoms with Crippen molar-refractivity contribution in [1.29, 1.82) is 0 Å². The van der Waals surface area contributed by atoms with Crippen molar-refractivity contribution in [3.63, 3.8) is 0 Å². The number of Topliss-reactive ketones (excluding diaryl/α,β-unsaturated/α-hetero) is 1. The van der Waals surface area contributed by atoms with Crippen LogP contribution in [0.4, 0.5) is 4.79 Å². The Kier molecular flexibility index (Phi) is 6.32. The van der Waals surface area contributed by atoms with E-state index in [9.17, 15) is 9.59 Å². The molecule has 1 fully saturated rings. The van der Waals surface area contributed by atoms with Gasteiger partial charge in [0.25, 0.3) is 0 Å². The first-order valence-electron chi connectivity index (χ1n) is 10.7. The molecule has 0 aliphatic carbocycles. The third-order valence-electron chi connectivity index (χ3n) is 5.51. The van der Waals surface area contributed by atoms with Crippen LogP contribution in [-0.2, 0) is 6.54 Å². The molecule has 1 aromatic carbocycles. The Labute approximate surface area is 187 Å². The summed E-state index contributed by atoms with van der Waals surface area (Å²) >= 11 is 0. The lowest BCUT2D eigenvalue weighted by molar-refractivity contribution is 0.0964. The second kappa shape index (κ2) is 9.32. The van der Waals surface area contributed by atoms with Crippen LogP contribution in [0.25, 0.3) is 0 Å². The van der Waals surface area contributed by atoms with Crippen molar-refractivity contribution in [3.05, 3.63) is 71.7 Å². The molecule has 8 nitrogen and oxygen atoms in total. The van der Waals surface area contributed by atoms with E-state index in [0.717, 1.165) is 36.5 Å². The fourth-order valence-corrected chi connectivity index (χ4v) is 3.81. The summed E-state index contributed by atoms with van der Waals surface area (Å²) in [4.78, 5) is 32.7. The van der Waals surface area contributed by atoms with Gasteiger partial charge in [-0.3, -0.25) is 9.69 Å². The molecule has 0 radical (unpaired) electrons. The molecule has 1 amide bonds. The van der Waals surface area contributed by atoms with E-state index in [1.54, 1.807) is 23.4 Å². The van der Waals surface area contributed by atoms with E-state index in [4.69, 9.17) is 4.74 Å². The first kappa shape index (κ1) is 21.7. The van der Waals surface area contributed by atoms with Gasteiger partial charge in [-0.05, 0) is 43.2 Å². The van der Waals surface area contributed by atoms with Gasteiger partial charge < -0.3 is 9.64 Å². The summed E-state index contributed by atoms with van der Waals surface area (Å²) < 4.78 is 7.14. The summed E-state index contributed by atoms with van der Waals surface area (Å²) in [5.74, 6) is 1.17. The SMILES string of the molecule is CC(=O)c1ccn(C(=O)N2CCN(Cc3cccc(Oc4ccc(C)cn4)c3)C[C@H]2C)n1. The fraction of sp³-hybridized carbons (Fsp3) is 0.333. The topological polar surface area (TPSA) is 80.6 Å². The second-order valence-electron chi connectivity index (χ2n) is 8.19. The number of piperazine rings is 1. The number of ether oxygens (including phenoxy) is 1. The van der Waals surface area contributed by atoms with Crippen LogP contribution in [0.5, 0.6) is 11.6 Å². The van der Waals surface area contributed by atoms with E-state index in [2.05, 4.69) is 21.0 Å². The maximum atomic E-state index is 12.8. The van der Waals surface area contributed by atoms with Crippen LogP contribution in [0.2, 0.25) is 0 Å². The molecule has 8 heteroatoms. The van der Waals surface area contributed by atoms with Gasteiger partial charge in [-0.25, -0.2) is 9.78 Å². The lowest BCUT2D eigenvalue weighted by Crippen LogP contribution is -2.54. The standard InChI is InChI=1S/C24H27N5O3/c1-17-7-8-23(25-14-17)32-21-6-4-5-20(13-21)16-27-11-12-28(18(2)15-27)24(31)29-10-9-22(26-29)19(3)30/h4-10,13-14,18H,11-12,15-16H2,1-3H3/t18-/m1/s1. The van der Waals surface area contributed by atoms with Crippen LogP contribution in [0.3, 0.4) is 0 Å². The molecule has 1 atom stereocenters. The summed E-state index contributed by atoms with van der Waals surface area (Å²) in [6.07, 6.45) is 3.33. The van der Waals surface area contributed by atoms with Crippen LogP contribution in [0, 0.1) is 6.92 Å². The number of aryl methyl sites for hydroxylation is 1. The molecule has 0 saturated carbocycles. The molecule has 0 N–H and O–H groups in total. The fourth-order valence-electron chi connectivity index (χ4n) is 3.81. The van der Waals surface area contributed by atoms with Gasteiger partial charge in [-0.15, -0.1) is 0 Å². The Morgan fingerprint density at radius 3 is 2.69 bits per heavy atom. The van der Waals surface area contributed by atoms with Crippen molar-refractivity contribution in [2.75, 3.05) is 19.6 Å². The molecular weight excluding hydrogens is 406 g/mol. The van der Waals surface area contributed by atoms with Crippen molar-refractivity contribution in [3.8, 4) is 11.6 Å². The van der Waals surface area contributed by atoms with E-state index >= 15 is 0 Å². The van der Waals surface area contributed by atoms with Crippen molar-refractivity contribution >= 4 is 11.8 Å². The number of rotatable bonds is 5. The maximum absolute atomic E-state index is 12.8. The number of carbonyl (C=O) groups is 2. The molecule has 1 saturated heterocycles. The van der Waals surface area contributed by atoms with E-state index in [-0.39, 0.29) is 17.9 Å². The molecule has 2 aromatic heterocycles. The summed E-state index contributed by atoms with van der Waals surface area (Å²) in [7, 11) is 0. The number of carbonyl (C=O) groups excluding carboxylic acids is 2. The maximum Gasteiger partial charge on any atom is 0.344 e. The quantitative estimate of drug-likeness (QED) is 0.570. The van der Waals surface area contributed by atoms with E-state index < -0.39 is 0 Å². The van der Waals surface area contributed by atoms with E-state index in [1.807, 2.05) is 44.2 Å². The summed E-state index contributed by atoms with van der Waals surface area (Å²) in [6, 6.07) is 13.2. The van der Waals surface area contributed by atoms with Gasteiger partial charge in [0.2, 0.25) is 5.88 Å². The normalized spacial score (nSPS) is 16.7. The Morgan fingerprint density at radius 2 is 2.00 bits per heavy atom. The highest BCUT2D eigenvalue weighted by Gasteiger charge is 2.29. The zero-order valence-electron chi connectivity index (χ0n) is 18.6. The second-order valence-corrected chi connectivity index (χ2v) is 8.19. The molecule has 0 spiro atoms. The molecule has 1 aliphatic heterocycles. The summed E-state index contributed by atoms with van der Waals surface area (Å²) in [5, 5.41) is 4.10. The third-order valence-corrected chi connectivity index (χ3v) is 5.51. The number of aromatic nitrogens is 3. The predicted octanol–water partition coefficient (Wildman–Crippen LogP) is 3.76. The van der Waals surface area contributed by atoms with Crippen LogP contribution >= 0.6 is 0 Å². The van der Waals surface area contributed by atoms with Crippen molar-refractivity contribution < 1.29 is 14.3 Å². The molecular formula is C24H27N5O3. The van der Waals surface area contributed by atoms with Gasteiger partial charge in [0.15, 0.2) is 5.78 Å². The highest BCUT2D eigenvalue weighted by molar-refractivity contribution is 5.92. The van der Waals surface area contributed by atoms with Crippen molar-refractivity contribution in [2.45, 2.75) is 33.4 Å². The van der Waals surface area contributed by atoms with Gasteiger partial charge in [0.1, 0.15) is 11.4 Å². The molecule has 3 aromatic rings. The minimum absolute atomic E-state index is 0.0254. The highest BCUT2D eigenvalue weighted by atomic mass is 16.5. The molecule has 3 heterocycles. The van der Waals surface area contributed by atoms with Gasteiger partial charge in [0.05, 0.1) is 0 Å². The number of pyridine rings is 1. The minimum atomic E-state index is -0.203. The number of hydrogen-bond donors (Lipinski definition) is 0. The minimum Gasteiger partial charge on any atom is -0.439 e. The smallest absolute Gasteiger partial charge is 0.344 e. The van der Waals surface area contributed by atoms with Gasteiger partial charge in [0, 0.05) is 57.6 Å². The average Bonchev–Trinajstić information content (AvgIpc) is 3.26. The van der Waals surface area contributed by atoms with Crippen LogP contribution in [0.15, 0.2) is 54.9 Å². The third kappa shape index (κ3) is 5.03. The van der Waals surface area contributed by atoms with Crippen LogP contribution in [0.1, 0.15) is 35.5 Å². The largest absolute Gasteiger partial charge is 0.439 e. The Morgan fingerprint density at radius 1 is 1.16 bits per heavy atom. The summed E-state index contributed by atoms with van der Waals surface area (Å²) in [5.41, 5.74) is 2.53. The number of nitrogens with zero attached hydrogens (tertiary/aromatic N) is 5. The van der Waals surface area contributed by atoms with Gasteiger partial charge in [-0.2, -0.15) is 9.78 Å². The molecule has 0 bridgehead atoms. The molecule has 1 aliphatic rings. The molecule has 0 unspecified atom stereocenters. The zero-order chi connectivity index (χ0) is 22.7. The number of amides is 1. The predicted molar refractivity (Wildman–Crippen MR) is 120 cm³/mol. The summed E-state index contributed by atoms with van der Waals surface area (Å²) in [6.45, 7) is 8.32. The average molecular weight is 434 g/mol. The molecule has 4 rings (SSSR count). The van der Waals surface area contributed by atoms with Gasteiger partial charge >= 0.3 is 6.03 Å². The molecule has 32 heavy (non-hydrogen) atoms. The highest BCUT2D eigenvalue weighted by Crippen LogP contribution is 2.22. The van der Waals surface area contributed by atoms with Crippen molar-refractivity contribution in [1.82, 2.24) is 24.6 Å². The Balaban J connectivity index is 1.36. The number of ketones is 1. The van der Waals surface area contributed by atoms with E-state index in [1.165, 1.54) is 11.6 Å². The number of hydrogen-bond acceptors (Lipinski definition) is 6. The Bertz CT molecular complexity index is 1110. The monoisotopic (exact) mass is 433 g/mol. The van der Waals surface area contributed by atoms with Crippen LogP contribution < -0.4 is 4.74 Å². The first-order valence-corrected chi connectivity index (χ1v) is 10.7. The lowest BCUT2D eigenvalue weighted by atomic mass is 10.1. The molecule has 166 valence electrons.